The third kappa shape index (κ3) is 3.81. The molecule has 0 bridgehead atoms. The Hall–Kier alpha value is -1.87. The highest BCUT2D eigenvalue weighted by atomic mass is 19.1. The summed E-state index contributed by atoms with van der Waals surface area (Å²) in [5.41, 5.74) is 1.83. The van der Waals surface area contributed by atoms with Crippen molar-refractivity contribution in [2.75, 3.05) is 0 Å². The molecule has 0 aromatic heterocycles. The molecule has 0 aliphatic rings. The lowest BCUT2D eigenvalue weighted by Gasteiger charge is -2.21. The van der Waals surface area contributed by atoms with Crippen LogP contribution in [0.15, 0.2) is 48.5 Å². The average molecular weight is 273 g/mol. The second-order valence-corrected chi connectivity index (χ2v) is 5.18. The fourth-order valence-corrected chi connectivity index (χ4v) is 2.39. The highest BCUT2D eigenvalue weighted by molar-refractivity contribution is 5.26. The molecular weight excluding hydrogens is 253 g/mol. The largest absolute Gasteiger partial charge is 0.508 e. The number of phenolic OH excluding ortho intramolecular Hbond substituents is 1. The van der Waals surface area contributed by atoms with Crippen molar-refractivity contribution in [3.63, 3.8) is 0 Å². The SMILES string of the molecule is CC(Cc1ccc(O)cc1)NC(C)c1ccccc1F. The maximum atomic E-state index is 13.7. The van der Waals surface area contributed by atoms with Gasteiger partial charge in [0.15, 0.2) is 0 Å². The summed E-state index contributed by atoms with van der Waals surface area (Å²) in [6, 6.07) is 14.2. The summed E-state index contributed by atoms with van der Waals surface area (Å²) in [5.74, 6) is 0.0958. The maximum absolute atomic E-state index is 13.7. The lowest BCUT2D eigenvalue weighted by atomic mass is 10.0. The first-order valence-corrected chi connectivity index (χ1v) is 6.84. The summed E-state index contributed by atoms with van der Waals surface area (Å²) in [6.07, 6.45) is 0.832. The van der Waals surface area contributed by atoms with Gasteiger partial charge in [-0.25, -0.2) is 4.39 Å². The summed E-state index contributed by atoms with van der Waals surface area (Å²) in [6.45, 7) is 4.04. The van der Waals surface area contributed by atoms with Crippen LogP contribution in [0.1, 0.15) is 31.0 Å². The summed E-state index contributed by atoms with van der Waals surface area (Å²) in [4.78, 5) is 0. The van der Waals surface area contributed by atoms with Crippen molar-refractivity contribution in [2.45, 2.75) is 32.4 Å². The van der Waals surface area contributed by atoms with Gasteiger partial charge in [0, 0.05) is 17.6 Å². The first kappa shape index (κ1) is 14.5. The summed E-state index contributed by atoms with van der Waals surface area (Å²) < 4.78 is 13.7. The van der Waals surface area contributed by atoms with E-state index in [9.17, 15) is 9.50 Å². The van der Waals surface area contributed by atoms with E-state index in [4.69, 9.17) is 0 Å². The molecule has 2 N–H and O–H groups in total. The van der Waals surface area contributed by atoms with E-state index in [1.807, 2.05) is 25.1 Å². The summed E-state index contributed by atoms with van der Waals surface area (Å²) in [5, 5.41) is 12.7. The van der Waals surface area contributed by atoms with E-state index in [2.05, 4.69) is 12.2 Å². The van der Waals surface area contributed by atoms with Crippen LogP contribution in [0, 0.1) is 5.82 Å². The molecule has 0 radical (unpaired) electrons. The Morgan fingerprint density at radius 1 is 1.05 bits per heavy atom. The molecule has 0 amide bonds. The molecule has 2 rings (SSSR count). The molecule has 0 aliphatic carbocycles. The van der Waals surface area contributed by atoms with Crippen LogP contribution in [0.3, 0.4) is 0 Å². The number of hydrogen-bond acceptors (Lipinski definition) is 2. The zero-order valence-electron chi connectivity index (χ0n) is 11.8. The van der Waals surface area contributed by atoms with Gasteiger partial charge in [-0.3, -0.25) is 0 Å². The second kappa shape index (κ2) is 6.53. The van der Waals surface area contributed by atoms with Gasteiger partial charge in [0.25, 0.3) is 0 Å². The van der Waals surface area contributed by atoms with E-state index in [0.29, 0.717) is 5.56 Å². The van der Waals surface area contributed by atoms with Gasteiger partial charge in [-0.2, -0.15) is 0 Å². The van der Waals surface area contributed by atoms with E-state index >= 15 is 0 Å². The summed E-state index contributed by atoms with van der Waals surface area (Å²) in [7, 11) is 0. The fraction of sp³-hybridized carbons (Fsp3) is 0.294. The molecule has 0 saturated heterocycles. The van der Waals surface area contributed by atoms with Crippen molar-refractivity contribution in [1.82, 2.24) is 5.32 Å². The molecule has 2 nitrogen and oxygen atoms in total. The van der Waals surface area contributed by atoms with E-state index in [1.165, 1.54) is 6.07 Å². The zero-order chi connectivity index (χ0) is 14.5. The summed E-state index contributed by atoms with van der Waals surface area (Å²) >= 11 is 0. The Balaban J connectivity index is 1.96. The minimum absolute atomic E-state index is 0.0386. The lowest BCUT2D eigenvalue weighted by Crippen LogP contribution is -2.31. The number of nitrogens with one attached hydrogen (secondary N) is 1. The molecular formula is C17H20FNO. The predicted molar refractivity (Wildman–Crippen MR) is 79.2 cm³/mol. The van der Waals surface area contributed by atoms with Gasteiger partial charge in [0.2, 0.25) is 0 Å². The van der Waals surface area contributed by atoms with Crippen molar-refractivity contribution in [2.24, 2.45) is 0 Å². The standard InChI is InChI=1S/C17H20FNO/c1-12(11-14-7-9-15(20)10-8-14)19-13(2)16-5-3-4-6-17(16)18/h3-10,12-13,19-20H,11H2,1-2H3. The Kier molecular flexibility index (Phi) is 4.74. The number of aromatic hydroxyl groups is 1. The Labute approximate surface area is 119 Å². The van der Waals surface area contributed by atoms with Crippen molar-refractivity contribution >= 4 is 0 Å². The van der Waals surface area contributed by atoms with Gasteiger partial charge in [-0.1, -0.05) is 30.3 Å². The third-order valence-electron chi connectivity index (χ3n) is 3.38. The van der Waals surface area contributed by atoms with Crippen LogP contribution in [-0.2, 0) is 6.42 Å². The number of hydrogen-bond donors (Lipinski definition) is 2. The molecule has 106 valence electrons. The Morgan fingerprint density at radius 2 is 1.70 bits per heavy atom. The molecule has 20 heavy (non-hydrogen) atoms. The fourth-order valence-electron chi connectivity index (χ4n) is 2.39. The van der Waals surface area contributed by atoms with Gasteiger partial charge in [0.05, 0.1) is 0 Å². The maximum Gasteiger partial charge on any atom is 0.127 e. The van der Waals surface area contributed by atoms with Gasteiger partial charge in [0.1, 0.15) is 11.6 Å². The van der Waals surface area contributed by atoms with Crippen LogP contribution in [0.5, 0.6) is 5.75 Å². The van der Waals surface area contributed by atoms with E-state index < -0.39 is 0 Å². The van der Waals surface area contributed by atoms with Crippen LogP contribution < -0.4 is 5.32 Å². The zero-order valence-corrected chi connectivity index (χ0v) is 11.8. The molecule has 2 unspecified atom stereocenters. The first-order chi connectivity index (χ1) is 9.56. The molecule has 2 atom stereocenters. The second-order valence-electron chi connectivity index (χ2n) is 5.18. The minimum Gasteiger partial charge on any atom is -0.508 e. The van der Waals surface area contributed by atoms with E-state index in [-0.39, 0.29) is 23.7 Å². The molecule has 0 aliphatic heterocycles. The van der Waals surface area contributed by atoms with Crippen LogP contribution in [0.2, 0.25) is 0 Å². The molecule has 0 fully saturated rings. The minimum atomic E-state index is -0.177. The Morgan fingerprint density at radius 3 is 2.35 bits per heavy atom. The number of benzene rings is 2. The normalized spacial score (nSPS) is 13.9. The van der Waals surface area contributed by atoms with Crippen molar-refractivity contribution in [1.29, 1.82) is 0 Å². The van der Waals surface area contributed by atoms with Crippen LogP contribution >= 0.6 is 0 Å². The van der Waals surface area contributed by atoms with E-state index in [0.717, 1.165) is 12.0 Å². The van der Waals surface area contributed by atoms with Crippen molar-refractivity contribution in [3.8, 4) is 5.75 Å². The molecule has 0 heterocycles. The third-order valence-corrected chi connectivity index (χ3v) is 3.38. The molecule has 3 heteroatoms. The van der Waals surface area contributed by atoms with Crippen molar-refractivity contribution in [3.05, 3.63) is 65.5 Å². The average Bonchev–Trinajstić information content (AvgIpc) is 2.41. The van der Waals surface area contributed by atoms with Crippen LogP contribution in [-0.4, -0.2) is 11.1 Å². The van der Waals surface area contributed by atoms with E-state index in [1.54, 1.807) is 24.3 Å². The number of phenols is 1. The molecule has 0 spiro atoms. The van der Waals surface area contributed by atoms with Gasteiger partial charge in [-0.15, -0.1) is 0 Å². The molecule has 0 saturated carbocycles. The van der Waals surface area contributed by atoms with Crippen molar-refractivity contribution < 1.29 is 9.50 Å². The topological polar surface area (TPSA) is 32.3 Å². The lowest BCUT2D eigenvalue weighted by molar-refractivity contribution is 0.459. The van der Waals surface area contributed by atoms with Gasteiger partial charge in [-0.05, 0) is 44.0 Å². The van der Waals surface area contributed by atoms with Crippen LogP contribution in [0.25, 0.3) is 0 Å². The van der Waals surface area contributed by atoms with Crippen LogP contribution in [0.4, 0.5) is 4.39 Å². The smallest absolute Gasteiger partial charge is 0.127 e. The van der Waals surface area contributed by atoms with Gasteiger partial charge >= 0.3 is 0 Å². The Bertz CT molecular complexity index is 553. The molecule has 2 aromatic rings. The molecule has 2 aromatic carbocycles. The predicted octanol–water partition coefficient (Wildman–Crippen LogP) is 3.81. The van der Waals surface area contributed by atoms with Gasteiger partial charge < -0.3 is 10.4 Å². The monoisotopic (exact) mass is 273 g/mol. The number of halogens is 1. The number of rotatable bonds is 5. The quantitative estimate of drug-likeness (QED) is 0.868. The first-order valence-electron chi connectivity index (χ1n) is 6.84. The highest BCUT2D eigenvalue weighted by Gasteiger charge is 2.13. The highest BCUT2D eigenvalue weighted by Crippen LogP contribution is 2.18.